The van der Waals surface area contributed by atoms with Gasteiger partial charge in [-0.15, -0.1) is 0 Å². The first-order chi connectivity index (χ1) is 13.7. The van der Waals surface area contributed by atoms with Gasteiger partial charge in [-0.05, 0) is 30.5 Å². The molecule has 0 spiro atoms. The smallest absolute Gasteiger partial charge is 0.254 e. The van der Waals surface area contributed by atoms with Crippen molar-refractivity contribution in [3.63, 3.8) is 0 Å². The van der Waals surface area contributed by atoms with Crippen LogP contribution in [0.25, 0.3) is 0 Å². The highest BCUT2D eigenvalue weighted by atomic mass is 35.5. The van der Waals surface area contributed by atoms with Crippen LogP contribution in [0.5, 0.6) is 0 Å². The summed E-state index contributed by atoms with van der Waals surface area (Å²) >= 11 is 7.75. The van der Waals surface area contributed by atoms with E-state index in [4.69, 9.17) is 16.3 Å². The highest BCUT2D eigenvalue weighted by molar-refractivity contribution is 7.98. The number of hydrogen-bond acceptors (Lipinski definition) is 6. The molecule has 0 N–H and O–H groups in total. The summed E-state index contributed by atoms with van der Waals surface area (Å²) < 4.78 is 5.33. The first kappa shape index (κ1) is 19.5. The Hall–Kier alpha value is -1.83. The number of benzene rings is 1. The summed E-state index contributed by atoms with van der Waals surface area (Å²) in [5.41, 5.74) is 1.78. The molecule has 8 heteroatoms. The van der Waals surface area contributed by atoms with Crippen LogP contribution in [0.15, 0.2) is 35.5 Å². The quantitative estimate of drug-likeness (QED) is 0.421. The van der Waals surface area contributed by atoms with Crippen LogP contribution in [0.2, 0.25) is 5.15 Å². The number of halogens is 1. The summed E-state index contributed by atoms with van der Waals surface area (Å²) in [6, 6.07) is 9.61. The highest BCUT2D eigenvalue weighted by Crippen LogP contribution is 2.26. The molecule has 0 atom stereocenters. The van der Waals surface area contributed by atoms with Crippen molar-refractivity contribution in [2.45, 2.75) is 23.8 Å². The van der Waals surface area contributed by atoms with Crippen LogP contribution < -0.4 is 4.90 Å². The lowest BCUT2D eigenvalue weighted by Crippen LogP contribution is -2.40. The lowest BCUT2D eigenvalue weighted by Gasteiger charge is -2.27. The molecule has 148 valence electrons. The van der Waals surface area contributed by atoms with Crippen molar-refractivity contribution in [2.24, 2.45) is 0 Å². The lowest BCUT2D eigenvalue weighted by atomic mass is 10.1. The van der Waals surface area contributed by atoms with E-state index >= 15 is 0 Å². The molecule has 2 fully saturated rings. The van der Waals surface area contributed by atoms with Crippen LogP contribution in [0, 0.1) is 0 Å². The van der Waals surface area contributed by atoms with E-state index in [1.54, 1.807) is 0 Å². The summed E-state index contributed by atoms with van der Waals surface area (Å²) in [5.74, 6) is 1.64. The molecule has 2 saturated heterocycles. The summed E-state index contributed by atoms with van der Waals surface area (Å²) in [6.07, 6.45) is 2.38. The fraction of sp³-hybridized carbons (Fsp3) is 0.450. The molecule has 2 aliphatic heterocycles. The SMILES string of the molecule is O=C(c1cccc(CSc2nc(Cl)cc(N3CCCC3)n2)c1)N1CCOCC1. The van der Waals surface area contributed by atoms with Crippen molar-refractivity contribution in [3.05, 3.63) is 46.6 Å². The summed E-state index contributed by atoms with van der Waals surface area (Å²) in [7, 11) is 0. The lowest BCUT2D eigenvalue weighted by molar-refractivity contribution is 0.0303. The van der Waals surface area contributed by atoms with Gasteiger partial charge < -0.3 is 14.5 Å². The Kier molecular flexibility index (Phi) is 6.34. The molecule has 0 radical (unpaired) electrons. The van der Waals surface area contributed by atoms with Gasteiger partial charge in [0.15, 0.2) is 5.16 Å². The van der Waals surface area contributed by atoms with Crippen LogP contribution >= 0.6 is 23.4 Å². The van der Waals surface area contributed by atoms with Crippen molar-refractivity contribution in [1.82, 2.24) is 14.9 Å². The minimum Gasteiger partial charge on any atom is -0.378 e. The van der Waals surface area contributed by atoms with E-state index in [1.165, 1.54) is 24.6 Å². The molecule has 0 unspecified atom stereocenters. The number of morpholine rings is 1. The van der Waals surface area contributed by atoms with E-state index in [-0.39, 0.29) is 5.91 Å². The van der Waals surface area contributed by atoms with Crippen molar-refractivity contribution in [2.75, 3.05) is 44.3 Å². The van der Waals surface area contributed by atoms with Crippen molar-refractivity contribution >= 4 is 35.1 Å². The largest absolute Gasteiger partial charge is 0.378 e. The fourth-order valence-electron chi connectivity index (χ4n) is 3.45. The van der Waals surface area contributed by atoms with Crippen LogP contribution in [0.1, 0.15) is 28.8 Å². The van der Waals surface area contributed by atoms with Gasteiger partial charge in [-0.3, -0.25) is 4.79 Å². The number of amides is 1. The Balaban J connectivity index is 1.43. The van der Waals surface area contributed by atoms with Gasteiger partial charge in [0, 0.05) is 43.6 Å². The third kappa shape index (κ3) is 4.77. The predicted molar refractivity (Wildman–Crippen MR) is 111 cm³/mol. The number of carbonyl (C=O) groups excluding carboxylic acids is 1. The Bertz CT molecular complexity index is 839. The molecule has 2 aromatic rings. The fourth-order valence-corrected chi connectivity index (χ4v) is 4.47. The summed E-state index contributed by atoms with van der Waals surface area (Å²) in [6.45, 7) is 4.53. The molecule has 1 aromatic heterocycles. The molecular weight excluding hydrogens is 396 g/mol. The number of rotatable bonds is 5. The number of anilines is 1. The number of nitrogens with zero attached hydrogens (tertiary/aromatic N) is 4. The second kappa shape index (κ2) is 9.11. The maximum Gasteiger partial charge on any atom is 0.254 e. The van der Waals surface area contributed by atoms with E-state index in [9.17, 15) is 4.79 Å². The molecule has 2 aliphatic rings. The molecule has 1 amide bonds. The minimum absolute atomic E-state index is 0.0606. The second-order valence-corrected chi connectivity index (χ2v) is 8.25. The molecule has 0 aliphatic carbocycles. The Morgan fingerprint density at radius 3 is 2.68 bits per heavy atom. The molecule has 6 nitrogen and oxygen atoms in total. The molecular formula is C20H23ClN4O2S. The number of ether oxygens (including phenoxy) is 1. The van der Waals surface area contributed by atoms with Gasteiger partial charge in [0.25, 0.3) is 5.91 Å². The average Bonchev–Trinajstić information content (AvgIpc) is 3.27. The van der Waals surface area contributed by atoms with Gasteiger partial charge in [0.2, 0.25) is 0 Å². The van der Waals surface area contributed by atoms with Crippen LogP contribution in [0.4, 0.5) is 5.82 Å². The standard InChI is InChI=1S/C20H23ClN4O2S/c21-17-13-18(24-6-1-2-7-24)23-20(22-17)28-14-15-4-3-5-16(12-15)19(26)25-8-10-27-11-9-25/h3-5,12-13H,1-2,6-11,14H2. The van der Waals surface area contributed by atoms with Gasteiger partial charge in [-0.2, -0.15) is 0 Å². The average molecular weight is 419 g/mol. The van der Waals surface area contributed by atoms with Gasteiger partial charge in [-0.1, -0.05) is 35.5 Å². The summed E-state index contributed by atoms with van der Waals surface area (Å²) in [5, 5.41) is 1.13. The van der Waals surface area contributed by atoms with Crippen molar-refractivity contribution in [1.29, 1.82) is 0 Å². The van der Waals surface area contributed by atoms with E-state index in [1.807, 2.05) is 35.2 Å². The number of thioether (sulfide) groups is 1. The number of hydrogen-bond donors (Lipinski definition) is 0. The van der Waals surface area contributed by atoms with Gasteiger partial charge in [0.1, 0.15) is 11.0 Å². The van der Waals surface area contributed by atoms with E-state index < -0.39 is 0 Å². The maximum atomic E-state index is 12.7. The Morgan fingerprint density at radius 2 is 1.89 bits per heavy atom. The monoisotopic (exact) mass is 418 g/mol. The van der Waals surface area contributed by atoms with Crippen LogP contribution in [0.3, 0.4) is 0 Å². The maximum absolute atomic E-state index is 12.7. The van der Waals surface area contributed by atoms with Gasteiger partial charge >= 0.3 is 0 Å². The van der Waals surface area contributed by atoms with Crippen molar-refractivity contribution < 1.29 is 9.53 Å². The first-order valence-electron chi connectivity index (χ1n) is 9.57. The summed E-state index contributed by atoms with van der Waals surface area (Å²) in [4.78, 5) is 25.8. The molecule has 4 rings (SSSR count). The van der Waals surface area contributed by atoms with E-state index in [2.05, 4.69) is 14.9 Å². The third-order valence-corrected chi connectivity index (χ3v) is 6.04. The first-order valence-corrected chi connectivity index (χ1v) is 10.9. The van der Waals surface area contributed by atoms with Crippen molar-refractivity contribution in [3.8, 4) is 0 Å². The molecule has 0 saturated carbocycles. The second-order valence-electron chi connectivity index (χ2n) is 6.92. The van der Waals surface area contributed by atoms with Crippen LogP contribution in [-0.2, 0) is 10.5 Å². The Labute approximate surface area is 174 Å². The zero-order valence-electron chi connectivity index (χ0n) is 15.6. The zero-order valence-corrected chi connectivity index (χ0v) is 17.2. The van der Waals surface area contributed by atoms with E-state index in [0.717, 1.165) is 24.5 Å². The molecule has 28 heavy (non-hydrogen) atoms. The zero-order chi connectivity index (χ0) is 19.3. The minimum atomic E-state index is 0.0606. The topological polar surface area (TPSA) is 58.6 Å². The number of aromatic nitrogens is 2. The van der Waals surface area contributed by atoms with Gasteiger partial charge in [0.05, 0.1) is 13.2 Å². The normalized spacial score (nSPS) is 17.2. The Morgan fingerprint density at radius 1 is 1.11 bits per heavy atom. The third-order valence-electron chi connectivity index (χ3n) is 4.93. The molecule has 3 heterocycles. The van der Waals surface area contributed by atoms with Gasteiger partial charge in [-0.25, -0.2) is 9.97 Å². The molecule has 0 bridgehead atoms. The highest BCUT2D eigenvalue weighted by Gasteiger charge is 2.19. The molecule has 1 aromatic carbocycles. The van der Waals surface area contributed by atoms with E-state index in [0.29, 0.717) is 47.9 Å². The van der Waals surface area contributed by atoms with Crippen LogP contribution in [-0.4, -0.2) is 60.2 Å². The number of carbonyl (C=O) groups is 1. The predicted octanol–water partition coefficient (Wildman–Crippen LogP) is 3.49.